The molecule has 4 rings (SSSR count). The van der Waals surface area contributed by atoms with Crippen LogP contribution in [-0.4, -0.2) is 14.8 Å². The fourth-order valence-electron chi connectivity index (χ4n) is 3.55. The van der Waals surface area contributed by atoms with Crippen molar-refractivity contribution in [1.82, 2.24) is 14.8 Å². The lowest BCUT2D eigenvalue weighted by atomic mass is 9.82. The SMILES string of the molecule is Cc1[nH]n(-c2nc(-c3ccc(Cl)cc3)cs2)c(=O)c1[C@@H](c1ccc(Br)cc1)C(C#N)C#N. The summed E-state index contributed by atoms with van der Waals surface area (Å²) in [6, 6.07) is 18.7. The van der Waals surface area contributed by atoms with Crippen LogP contribution in [-0.2, 0) is 0 Å². The summed E-state index contributed by atoms with van der Waals surface area (Å²) < 4.78 is 2.23. The number of aromatic nitrogens is 3. The Kier molecular flexibility index (Phi) is 6.29. The molecule has 2 heterocycles. The zero-order chi connectivity index (χ0) is 22.8. The van der Waals surface area contributed by atoms with Gasteiger partial charge in [-0.25, -0.2) is 4.98 Å². The molecule has 0 fully saturated rings. The molecule has 9 heteroatoms. The van der Waals surface area contributed by atoms with E-state index in [-0.39, 0.29) is 5.56 Å². The highest BCUT2D eigenvalue weighted by Crippen LogP contribution is 2.33. The Labute approximate surface area is 201 Å². The molecule has 0 saturated heterocycles. The summed E-state index contributed by atoms with van der Waals surface area (Å²) >= 11 is 10.7. The quantitative estimate of drug-likeness (QED) is 0.356. The fraction of sp³-hybridized carbons (Fsp3) is 0.130. The van der Waals surface area contributed by atoms with Gasteiger partial charge in [0.15, 0.2) is 0 Å². The minimum atomic E-state index is -1.02. The average molecular weight is 525 g/mol. The molecular weight excluding hydrogens is 510 g/mol. The van der Waals surface area contributed by atoms with E-state index in [1.165, 1.54) is 16.0 Å². The minimum Gasteiger partial charge on any atom is -0.293 e. The van der Waals surface area contributed by atoms with Crippen molar-refractivity contribution in [3.63, 3.8) is 0 Å². The predicted octanol–water partition coefficient (Wildman–Crippen LogP) is 5.81. The Morgan fingerprint density at radius 3 is 2.41 bits per heavy atom. The molecule has 0 spiro atoms. The number of hydrogen-bond acceptors (Lipinski definition) is 5. The predicted molar refractivity (Wildman–Crippen MR) is 128 cm³/mol. The smallest absolute Gasteiger partial charge is 0.277 e. The molecule has 0 amide bonds. The lowest BCUT2D eigenvalue weighted by molar-refractivity contribution is 0.699. The van der Waals surface area contributed by atoms with Crippen LogP contribution in [0.2, 0.25) is 5.02 Å². The van der Waals surface area contributed by atoms with Gasteiger partial charge >= 0.3 is 0 Å². The van der Waals surface area contributed by atoms with E-state index in [2.05, 4.69) is 26.0 Å². The summed E-state index contributed by atoms with van der Waals surface area (Å²) in [5.41, 5.74) is 2.95. The number of nitriles is 2. The maximum absolute atomic E-state index is 13.5. The van der Waals surface area contributed by atoms with Gasteiger partial charge in [0.2, 0.25) is 5.13 Å². The number of H-pyrrole nitrogens is 1. The Morgan fingerprint density at radius 1 is 1.12 bits per heavy atom. The van der Waals surface area contributed by atoms with E-state index in [0.717, 1.165) is 15.7 Å². The number of nitrogens with zero attached hydrogens (tertiary/aromatic N) is 4. The third-order valence-corrected chi connectivity index (χ3v) is 6.70. The average Bonchev–Trinajstić information content (AvgIpc) is 3.38. The lowest BCUT2D eigenvalue weighted by Crippen LogP contribution is -2.23. The Bertz CT molecular complexity index is 1390. The number of benzene rings is 2. The summed E-state index contributed by atoms with van der Waals surface area (Å²) in [6.45, 7) is 1.76. The molecule has 1 atom stereocenters. The molecule has 1 N–H and O–H groups in total. The molecule has 0 radical (unpaired) electrons. The molecule has 32 heavy (non-hydrogen) atoms. The zero-order valence-electron chi connectivity index (χ0n) is 16.7. The molecular formula is C23H15BrClN5OS. The topological polar surface area (TPSA) is 98.3 Å². The van der Waals surface area contributed by atoms with Crippen molar-refractivity contribution >= 4 is 38.9 Å². The van der Waals surface area contributed by atoms with Crippen LogP contribution in [0.15, 0.2) is 63.2 Å². The number of nitrogens with one attached hydrogen (secondary N) is 1. The normalized spacial score (nSPS) is 11.8. The van der Waals surface area contributed by atoms with Gasteiger partial charge in [-0.2, -0.15) is 15.2 Å². The van der Waals surface area contributed by atoms with Gasteiger partial charge in [0, 0.05) is 37.6 Å². The third-order valence-electron chi connectivity index (χ3n) is 5.09. The van der Waals surface area contributed by atoms with Gasteiger partial charge in [0.1, 0.15) is 5.92 Å². The number of halogens is 2. The molecule has 2 aromatic carbocycles. The van der Waals surface area contributed by atoms with E-state index in [1.54, 1.807) is 19.1 Å². The fourth-order valence-corrected chi connectivity index (χ4v) is 4.74. The monoisotopic (exact) mass is 523 g/mol. The maximum atomic E-state index is 13.5. The molecule has 6 nitrogen and oxygen atoms in total. The van der Waals surface area contributed by atoms with Gasteiger partial charge in [0.25, 0.3) is 5.56 Å². The molecule has 0 aliphatic carbocycles. The van der Waals surface area contributed by atoms with E-state index in [1.807, 2.05) is 53.9 Å². The lowest BCUT2D eigenvalue weighted by Gasteiger charge is -2.17. The highest BCUT2D eigenvalue weighted by molar-refractivity contribution is 9.10. The Hall–Kier alpha value is -3.17. The van der Waals surface area contributed by atoms with Crippen LogP contribution in [0.25, 0.3) is 16.4 Å². The van der Waals surface area contributed by atoms with Crippen molar-refractivity contribution in [3.05, 3.63) is 90.6 Å². The van der Waals surface area contributed by atoms with Crippen LogP contribution in [0.4, 0.5) is 0 Å². The second-order valence-corrected chi connectivity index (χ2v) is 9.27. The number of rotatable bonds is 5. The van der Waals surface area contributed by atoms with E-state index in [9.17, 15) is 15.3 Å². The van der Waals surface area contributed by atoms with Gasteiger partial charge in [-0.1, -0.05) is 51.8 Å². The molecule has 0 aliphatic heterocycles. The molecule has 0 saturated carbocycles. The molecule has 158 valence electrons. The Balaban J connectivity index is 1.81. The summed E-state index contributed by atoms with van der Waals surface area (Å²) in [7, 11) is 0. The van der Waals surface area contributed by atoms with Gasteiger partial charge in [-0.15, -0.1) is 11.3 Å². The largest absolute Gasteiger partial charge is 0.293 e. The van der Waals surface area contributed by atoms with E-state index in [4.69, 9.17) is 11.6 Å². The van der Waals surface area contributed by atoms with Gasteiger partial charge in [0.05, 0.1) is 17.8 Å². The first kappa shape index (κ1) is 22.0. The van der Waals surface area contributed by atoms with Crippen LogP contribution < -0.4 is 5.56 Å². The van der Waals surface area contributed by atoms with Crippen LogP contribution in [0.1, 0.15) is 22.7 Å². The number of aryl methyl sites for hydroxylation is 1. The van der Waals surface area contributed by atoms with Gasteiger partial charge < -0.3 is 0 Å². The highest BCUT2D eigenvalue weighted by atomic mass is 79.9. The number of aromatic amines is 1. The van der Waals surface area contributed by atoms with Crippen LogP contribution in [0.5, 0.6) is 0 Å². The van der Waals surface area contributed by atoms with Crippen molar-refractivity contribution < 1.29 is 0 Å². The summed E-state index contributed by atoms with van der Waals surface area (Å²) in [5.74, 6) is -1.72. The molecule has 0 unspecified atom stereocenters. The Morgan fingerprint density at radius 2 is 1.78 bits per heavy atom. The molecule has 2 aromatic heterocycles. The second-order valence-electron chi connectivity index (χ2n) is 7.08. The molecule has 0 bridgehead atoms. The minimum absolute atomic E-state index is 0.331. The molecule has 0 aliphatic rings. The van der Waals surface area contributed by atoms with Crippen molar-refractivity contribution in [2.75, 3.05) is 0 Å². The van der Waals surface area contributed by atoms with E-state index in [0.29, 0.717) is 27.0 Å². The zero-order valence-corrected chi connectivity index (χ0v) is 19.9. The van der Waals surface area contributed by atoms with Crippen LogP contribution in [0, 0.1) is 35.5 Å². The van der Waals surface area contributed by atoms with Crippen molar-refractivity contribution in [2.24, 2.45) is 5.92 Å². The first-order valence-corrected chi connectivity index (χ1v) is 11.6. The maximum Gasteiger partial charge on any atom is 0.277 e. The van der Waals surface area contributed by atoms with Crippen LogP contribution >= 0.6 is 38.9 Å². The third kappa shape index (κ3) is 4.13. The summed E-state index contributed by atoms with van der Waals surface area (Å²) in [5, 5.41) is 25.2. The van der Waals surface area contributed by atoms with Gasteiger partial charge in [-0.3, -0.25) is 9.89 Å². The van der Waals surface area contributed by atoms with Gasteiger partial charge in [-0.05, 0) is 36.8 Å². The van der Waals surface area contributed by atoms with E-state index < -0.39 is 11.8 Å². The van der Waals surface area contributed by atoms with E-state index >= 15 is 0 Å². The van der Waals surface area contributed by atoms with Crippen molar-refractivity contribution in [3.8, 4) is 28.5 Å². The van der Waals surface area contributed by atoms with Crippen LogP contribution in [0.3, 0.4) is 0 Å². The second kappa shape index (κ2) is 9.13. The number of thiazole rings is 1. The standard InChI is InChI=1S/C23H15BrClN5OS/c1-13-20(21(16(10-26)11-27)15-2-6-17(24)7-3-15)22(31)30(29-13)23-28-19(12-32-23)14-4-8-18(25)9-5-14/h2-9,12,16,21,29H,1H3/t21-/m0/s1. The number of hydrogen-bond donors (Lipinski definition) is 1. The van der Waals surface area contributed by atoms with Crippen molar-refractivity contribution in [2.45, 2.75) is 12.8 Å². The molecule has 4 aromatic rings. The highest BCUT2D eigenvalue weighted by Gasteiger charge is 2.31. The first-order valence-electron chi connectivity index (χ1n) is 9.51. The van der Waals surface area contributed by atoms with Crippen molar-refractivity contribution in [1.29, 1.82) is 10.5 Å². The summed E-state index contributed by atoms with van der Waals surface area (Å²) in [4.78, 5) is 18.0. The first-order chi connectivity index (χ1) is 15.4. The summed E-state index contributed by atoms with van der Waals surface area (Å²) in [6.07, 6.45) is 0.